The van der Waals surface area contributed by atoms with Crippen molar-refractivity contribution in [3.05, 3.63) is 23.8 Å². The molecule has 0 amide bonds. The summed E-state index contributed by atoms with van der Waals surface area (Å²) in [5.41, 5.74) is 6.78. The first kappa shape index (κ1) is 9.34. The second-order valence-electron chi connectivity index (χ2n) is 3.51. The molecular formula is C11H15NO2. The van der Waals surface area contributed by atoms with Crippen molar-refractivity contribution in [3.63, 3.8) is 0 Å². The van der Waals surface area contributed by atoms with Crippen molar-refractivity contribution < 1.29 is 9.47 Å². The lowest BCUT2D eigenvalue weighted by atomic mass is 10.00. The first-order valence-corrected chi connectivity index (χ1v) is 4.91. The van der Waals surface area contributed by atoms with Gasteiger partial charge in [0, 0.05) is 5.56 Å². The van der Waals surface area contributed by atoms with Crippen molar-refractivity contribution >= 4 is 0 Å². The third-order valence-electron chi connectivity index (χ3n) is 2.48. The van der Waals surface area contributed by atoms with Crippen molar-refractivity contribution in [2.45, 2.75) is 12.8 Å². The highest BCUT2D eigenvalue weighted by Gasteiger charge is 2.18. The molecule has 1 unspecified atom stereocenters. The third kappa shape index (κ3) is 1.55. The average molecular weight is 193 g/mol. The molecule has 0 saturated heterocycles. The van der Waals surface area contributed by atoms with Crippen LogP contribution in [-0.2, 0) is 0 Å². The highest BCUT2D eigenvalue weighted by Crippen LogP contribution is 2.37. The average Bonchev–Trinajstić information content (AvgIpc) is 2.27. The van der Waals surface area contributed by atoms with E-state index in [9.17, 15) is 0 Å². The Kier molecular flexibility index (Phi) is 2.59. The Morgan fingerprint density at radius 2 is 2.14 bits per heavy atom. The summed E-state index contributed by atoms with van der Waals surface area (Å²) in [5, 5.41) is 0. The second kappa shape index (κ2) is 3.88. The van der Waals surface area contributed by atoms with Gasteiger partial charge in [-0.25, -0.2) is 0 Å². The number of nitrogens with two attached hydrogens (primary N) is 1. The van der Waals surface area contributed by atoms with Crippen LogP contribution in [0.3, 0.4) is 0 Å². The van der Waals surface area contributed by atoms with E-state index < -0.39 is 0 Å². The third-order valence-corrected chi connectivity index (χ3v) is 2.48. The van der Waals surface area contributed by atoms with E-state index >= 15 is 0 Å². The highest BCUT2D eigenvalue weighted by atomic mass is 16.6. The molecule has 76 valence electrons. The van der Waals surface area contributed by atoms with E-state index in [0.717, 1.165) is 17.1 Å². The monoisotopic (exact) mass is 193 g/mol. The van der Waals surface area contributed by atoms with E-state index in [1.165, 1.54) is 0 Å². The molecule has 0 bridgehead atoms. The minimum atomic E-state index is 0.312. The molecule has 0 aliphatic carbocycles. The number of fused-ring (bicyclic) bond motifs is 1. The topological polar surface area (TPSA) is 44.5 Å². The highest BCUT2D eigenvalue weighted by molar-refractivity contribution is 5.48. The molecule has 1 aromatic rings. The molecule has 2 rings (SSSR count). The predicted octanol–water partition coefficient (Wildman–Crippen LogP) is 1.52. The van der Waals surface area contributed by atoms with Crippen molar-refractivity contribution in [1.29, 1.82) is 0 Å². The number of benzene rings is 1. The van der Waals surface area contributed by atoms with Gasteiger partial charge >= 0.3 is 0 Å². The van der Waals surface area contributed by atoms with Crippen LogP contribution in [0.25, 0.3) is 0 Å². The molecule has 1 heterocycles. The van der Waals surface area contributed by atoms with Gasteiger partial charge in [0.1, 0.15) is 13.2 Å². The van der Waals surface area contributed by atoms with E-state index in [1.54, 1.807) is 0 Å². The molecule has 0 fully saturated rings. The molecule has 3 nitrogen and oxygen atoms in total. The molecule has 1 aromatic carbocycles. The predicted molar refractivity (Wildman–Crippen MR) is 54.9 cm³/mol. The molecule has 3 heteroatoms. The Morgan fingerprint density at radius 1 is 1.36 bits per heavy atom. The number of hydrogen-bond acceptors (Lipinski definition) is 3. The standard InChI is InChI=1S/C11H15NO2/c1-8(7-12)9-3-2-4-10-11(9)14-6-5-13-10/h2-4,8H,5-7,12H2,1H3. The Hall–Kier alpha value is -1.22. The summed E-state index contributed by atoms with van der Waals surface area (Å²) in [4.78, 5) is 0. The van der Waals surface area contributed by atoms with Gasteiger partial charge in [0.15, 0.2) is 11.5 Å². The molecular weight excluding hydrogens is 178 g/mol. The van der Waals surface area contributed by atoms with Crippen molar-refractivity contribution in [2.75, 3.05) is 19.8 Å². The normalized spacial score (nSPS) is 16.4. The Morgan fingerprint density at radius 3 is 2.93 bits per heavy atom. The van der Waals surface area contributed by atoms with Gasteiger partial charge in [-0.05, 0) is 18.5 Å². The fourth-order valence-electron chi connectivity index (χ4n) is 1.61. The lowest BCUT2D eigenvalue weighted by Crippen LogP contribution is -2.18. The van der Waals surface area contributed by atoms with Crippen LogP contribution in [0.15, 0.2) is 18.2 Å². The maximum Gasteiger partial charge on any atom is 0.164 e. The minimum Gasteiger partial charge on any atom is -0.486 e. The summed E-state index contributed by atoms with van der Waals surface area (Å²) in [6, 6.07) is 5.96. The quantitative estimate of drug-likeness (QED) is 0.774. The van der Waals surface area contributed by atoms with Crippen LogP contribution >= 0.6 is 0 Å². The Balaban J connectivity index is 2.39. The smallest absolute Gasteiger partial charge is 0.164 e. The van der Waals surface area contributed by atoms with Crippen LogP contribution in [0.5, 0.6) is 11.5 Å². The molecule has 0 spiro atoms. The van der Waals surface area contributed by atoms with Gasteiger partial charge in [-0.3, -0.25) is 0 Å². The number of hydrogen-bond donors (Lipinski definition) is 1. The molecule has 0 aromatic heterocycles. The van der Waals surface area contributed by atoms with Crippen LogP contribution in [0.4, 0.5) is 0 Å². The minimum absolute atomic E-state index is 0.312. The van der Waals surface area contributed by atoms with Gasteiger partial charge < -0.3 is 15.2 Å². The summed E-state index contributed by atoms with van der Waals surface area (Å²) in [6.07, 6.45) is 0. The van der Waals surface area contributed by atoms with E-state index in [-0.39, 0.29) is 0 Å². The zero-order valence-electron chi connectivity index (χ0n) is 8.32. The second-order valence-corrected chi connectivity index (χ2v) is 3.51. The fourth-order valence-corrected chi connectivity index (χ4v) is 1.61. The SMILES string of the molecule is CC(CN)c1cccc2c1OCCO2. The van der Waals surface area contributed by atoms with E-state index in [0.29, 0.717) is 25.7 Å². The van der Waals surface area contributed by atoms with Crippen molar-refractivity contribution in [3.8, 4) is 11.5 Å². The first-order valence-electron chi connectivity index (χ1n) is 4.91. The molecule has 1 atom stereocenters. The summed E-state index contributed by atoms with van der Waals surface area (Å²) in [5.74, 6) is 2.03. The number of rotatable bonds is 2. The summed E-state index contributed by atoms with van der Waals surface area (Å²) >= 11 is 0. The fraction of sp³-hybridized carbons (Fsp3) is 0.455. The summed E-state index contributed by atoms with van der Waals surface area (Å²) < 4.78 is 11.1. The summed E-state index contributed by atoms with van der Waals surface area (Å²) in [7, 11) is 0. The van der Waals surface area contributed by atoms with Crippen molar-refractivity contribution in [2.24, 2.45) is 5.73 Å². The zero-order valence-corrected chi connectivity index (χ0v) is 8.32. The van der Waals surface area contributed by atoms with Gasteiger partial charge in [0.2, 0.25) is 0 Å². The lowest BCUT2D eigenvalue weighted by Gasteiger charge is -2.22. The van der Waals surface area contributed by atoms with Crippen LogP contribution in [0.1, 0.15) is 18.4 Å². The maximum atomic E-state index is 5.64. The van der Waals surface area contributed by atoms with E-state index in [4.69, 9.17) is 15.2 Å². The largest absolute Gasteiger partial charge is 0.486 e. The van der Waals surface area contributed by atoms with Gasteiger partial charge in [-0.15, -0.1) is 0 Å². The van der Waals surface area contributed by atoms with Gasteiger partial charge in [-0.2, -0.15) is 0 Å². The maximum absolute atomic E-state index is 5.64. The van der Waals surface area contributed by atoms with Crippen LogP contribution in [-0.4, -0.2) is 19.8 Å². The van der Waals surface area contributed by atoms with Gasteiger partial charge in [0.25, 0.3) is 0 Å². The van der Waals surface area contributed by atoms with E-state index in [1.807, 2.05) is 18.2 Å². The molecule has 0 radical (unpaired) electrons. The Labute approximate surface area is 83.8 Å². The molecule has 0 saturated carbocycles. The Bertz CT molecular complexity index is 325. The van der Waals surface area contributed by atoms with Gasteiger partial charge in [0.05, 0.1) is 0 Å². The number of para-hydroxylation sites is 1. The molecule has 14 heavy (non-hydrogen) atoms. The molecule has 2 N–H and O–H groups in total. The van der Waals surface area contributed by atoms with E-state index in [2.05, 4.69) is 6.92 Å². The first-order chi connectivity index (χ1) is 6.83. The van der Waals surface area contributed by atoms with Crippen LogP contribution in [0, 0.1) is 0 Å². The van der Waals surface area contributed by atoms with Crippen LogP contribution in [0.2, 0.25) is 0 Å². The van der Waals surface area contributed by atoms with Crippen molar-refractivity contribution in [1.82, 2.24) is 0 Å². The summed E-state index contributed by atoms with van der Waals surface area (Å²) in [6.45, 7) is 3.97. The lowest BCUT2D eigenvalue weighted by molar-refractivity contribution is 0.169. The zero-order chi connectivity index (χ0) is 9.97. The molecule has 1 aliphatic heterocycles. The van der Waals surface area contributed by atoms with Gasteiger partial charge in [-0.1, -0.05) is 19.1 Å². The van der Waals surface area contributed by atoms with Crippen LogP contribution < -0.4 is 15.2 Å². The molecule has 1 aliphatic rings. The number of ether oxygens (including phenoxy) is 2.